The van der Waals surface area contributed by atoms with Crippen LogP contribution in [0.4, 0.5) is 0 Å². The third kappa shape index (κ3) is 2.96. The van der Waals surface area contributed by atoms with Gasteiger partial charge in [-0.2, -0.15) is 0 Å². The Morgan fingerprint density at radius 1 is 1.37 bits per heavy atom. The normalized spacial score (nSPS) is 13.1. The second-order valence-corrected chi connectivity index (χ2v) is 5.30. The van der Waals surface area contributed by atoms with Crippen molar-refractivity contribution >= 4 is 16.7 Å². The highest BCUT2D eigenvalue weighted by Crippen LogP contribution is 2.27. The van der Waals surface area contributed by atoms with E-state index < -0.39 is 6.10 Å². The van der Waals surface area contributed by atoms with E-state index in [9.17, 15) is 15.0 Å². The average molecular weight is 261 g/mol. The first-order valence-electron chi connectivity index (χ1n) is 6.47. The number of para-hydroxylation sites is 1. The standard InChI is InChI=1S/C15H19NO3/c1-9(2)6-13(18)14(19)7-10-8-16-15-11(10)4-3-5-12(15)17/h3-5,8-9,14,16-17,19H,6-7H2,1-2H3. The fourth-order valence-corrected chi connectivity index (χ4v) is 2.23. The maximum atomic E-state index is 11.8. The molecule has 0 saturated heterocycles. The van der Waals surface area contributed by atoms with E-state index in [0.717, 1.165) is 10.9 Å². The van der Waals surface area contributed by atoms with Crippen molar-refractivity contribution in [1.29, 1.82) is 0 Å². The monoisotopic (exact) mass is 261 g/mol. The van der Waals surface area contributed by atoms with Crippen molar-refractivity contribution in [3.05, 3.63) is 30.0 Å². The molecular formula is C15H19NO3. The Balaban J connectivity index is 2.18. The quantitative estimate of drug-likeness (QED) is 0.773. The molecule has 19 heavy (non-hydrogen) atoms. The van der Waals surface area contributed by atoms with Gasteiger partial charge in [-0.3, -0.25) is 4.79 Å². The lowest BCUT2D eigenvalue weighted by Gasteiger charge is -2.10. The lowest BCUT2D eigenvalue weighted by atomic mass is 9.98. The Labute approximate surface area is 112 Å². The molecule has 2 rings (SSSR count). The van der Waals surface area contributed by atoms with Crippen molar-refractivity contribution < 1.29 is 15.0 Å². The van der Waals surface area contributed by atoms with Crippen LogP contribution in [0.3, 0.4) is 0 Å². The minimum atomic E-state index is -0.983. The van der Waals surface area contributed by atoms with Gasteiger partial charge < -0.3 is 15.2 Å². The predicted molar refractivity (Wildman–Crippen MR) is 74.1 cm³/mol. The second kappa shape index (κ2) is 5.45. The van der Waals surface area contributed by atoms with Crippen LogP contribution < -0.4 is 0 Å². The van der Waals surface area contributed by atoms with Gasteiger partial charge in [-0.25, -0.2) is 0 Å². The van der Waals surface area contributed by atoms with E-state index in [1.807, 2.05) is 19.9 Å². The number of carbonyl (C=O) groups excluding carboxylic acids is 1. The summed E-state index contributed by atoms with van der Waals surface area (Å²) in [5, 5.41) is 20.5. The van der Waals surface area contributed by atoms with Gasteiger partial charge in [-0.15, -0.1) is 0 Å². The molecular weight excluding hydrogens is 242 g/mol. The zero-order valence-corrected chi connectivity index (χ0v) is 11.2. The summed E-state index contributed by atoms with van der Waals surface area (Å²) in [5.74, 6) is 0.283. The SMILES string of the molecule is CC(C)CC(=O)C(O)Cc1c[nH]c2c(O)cccc12. The number of fused-ring (bicyclic) bond motifs is 1. The van der Waals surface area contributed by atoms with Crippen molar-refractivity contribution in [3.63, 3.8) is 0 Å². The molecule has 0 radical (unpaired) electrons. The van der Waals surface area contributed by atoms with Crippen molar-refractivity contribution in [2.75, 3.05) is 0 Å². The summed E-state index contributed by atoms with van der Waals surface area (Å²) in [7, 11) is 0. The fourth-order valence-electron chi connectivity index (χ4n) is 2.23. The van der Waals surface area contributed by atoms with Crippen LogP contribution >= 0.6 is 0 Å². The molecule has 1 aromatic carbocycles. The first kappa shape index (κ1) is 13.6. The summed E-state index contributed by atoms with van der Waals surface area (Å²) in [6.07, 6.45) is 1.41. The van der Waals surface area contributed by atoms with Gasteiger partial charge in [-0.05, 0) is 17.5 Å². The van der Waals surface area contributed by atoms with Crippen LogP contribution in [-0.2, 0) is 11.2 Å². The zero-order chi connectivity index (χ0) is 14.0. The molecule has 0 aliphatic carbocycles. The third-order valence-electron chi connectivity index (χ3n) is 3.17. The first-order valence-corrected chi connectivity index (χ1v) is 6.47. The Kier molecular flexibility index (Phi) is 3.90. The average Bonchev–Trinajstić information content (AvgIpc) is 2.73. The number of aromatic nitrogens is 1. The van der Waals surface area contributed by atoms with Crippen LogP contribution in [-0.4, -0.2) is 27.1 Å². The molecule has 1 heterocycles. The van der Waals surface area contributed by atoms with Crippen LogP contribution in [0.5, 0.6) is 5.75 Å². The molecule has 0 saturated carbocycles. The molecule has 0 fully saturated rings. The molecule has 0 aliphatic rings. The molecule has 4 nitrogen and oxygen atoms in total. The van der Waals surface area contributed by atoms with Crippen LogP contribution in [0.25, 0.3) is 10.9 Å². The number of aliphatic hydroxyl groups is 1. The van der Waals surface area contributed by atoms with E-state index in [1.54, 1.807) is 18.3 Å². The molecule has 1 unspecified atom stereocenters. The van der Waals surface area contributed by atoms with Crippen LogP contribution in [0.15, 0.2) is 24.4 Å². The van der Waals surface area contributed by atoms with Gasteiger partial charge in [0, 0.05) is 24.4 Å². The number of aliphatic hydroxyl groups excluding tert-OH is 1. The van der Waals surface area contributed by atoms with Crippen molar-refractivity contribution in [2.45, 2.75) is 32.8 Å². The van der Waals surface area contributed by atoms with Crippen molar-refractivity contribution in [2.24, 2.45) is 5.92 Å². The van der Waals surface area contributed by atoms with E-state index in [-0.39, 0.29) is 23.9 Å². The Hall–Kier alpha value is -1.81. The van der Waals surface area contributed by atoms with Gasteiger partial charge in [0.05, 0.1) is 5.52 Å². The highest BCUT2D eigenvalue weighted by molar-refractivity contribution is 5.89. The molecule has 4 heteroatoms. The van der Waals surface area contributed by atoms with E-state index in [2.05, 4.69) is 4.98 Å². The summed E-state index contributed by atoms with van der Waals surface area (Å²) in [4.78, 5) is 14.7. The van der Waals surface area contributed by atoms with Gasteiger partial charge >= 0.3 is 0 Å². The summed E-state index contributed by atoms with van der Waals surface area (Å²) in [6.45, 7) is 3.91. The van der Waals surface area contributed by atoms with E-state index in [0.29, 0.717) is 11.9 Å². The third-order valence-corrected chi connectivity index (χ3v) is 3.17. The molecule has 0 spiro atoms. The number of hydrogen-bond acceptors (Lipinski definition) is 3. The molecule has 0 aliphatic heterocycles. The highest BCUT2D eigenvalue weighted by atomic mass is 16.3. The minimum absolute atomic E-state index is 0.135. The Morgan fingerprint density at radius 3 is 2.79 bits per heavy atom. The smallest absolute Gasteiger partial charge is 0.161 e. The first-order chi connectivity index (χ1) is 8.99. The maximum Gasteiger partial charge on any atom is 0.161 e. The maximum absolute atomic E-state index is 11.8. The number of aromatic hydroxyl groups is 1. The van der Waals surface area contributed by atoms with Gasteiger partial charge in [-0.1, -0.05) is 26.0 Å². The van der Waals surface area contributed by atoms with E-state index >= 15 is 0 Å². The number of ketones is 1. The van der Waals surface area contributed by atoms with Gasteiger partial charge in [0.15, 0.2) is 5.78 Å². The largest absolute Gasteiger partial charge is 0.506 e. The number of rotatable bonds is 5. The number of benzene rings is 1. The number of Topliss-reactive ketones (excluding diaryl/α,β-unsaturated/α-hetero) is 1. The lowest BCUT2D eigenvalue weighted by molar-refractivity contribution is -0.127. The number of hydrogen-bond donors (Lipinski definition) is 3. The molecule has 3 N–H and O–H groups in total. The topological polar surface area (TPSA) is 73.3 Å². The Morgan fingerprint density at radius 2 is 2.11 bits per heavy atom. The van der Waals surface area contributed by atoms with Gasteiger partial charge in [0.2, 0.25) is 0 Å². The second-order valence-electron chi connectivity index (χ2n) is 5.30. The summed E-state index contributed by atoms with van der Waals surface area (Å²) < 4.78 is 0. The van der Waals surface area contributed by atoms with Gasteiger partial charge in [0.1, 0.15) is 11.9 Å². The lowest BCUT2D eigenvalue weighted by Crippen LogP contribution is -2.24. The van der Waals surface area contributed by atoms with Crippen LogP contribution in [0.1, 0.15) is 25.8 Å². The van der Waals surface area contributed by atoms with Gasteiger partial charge in [0.25, 0.3) is 0 Å². The van der Waals surface area contributed by atoms with E-state index in [4.69, 9.17) is 0 Å². The molecule has 1 atom stereocenters. The number of carbonyl (C=O) groups is 1. The number of phenols is 1. The minimum Gasteiger partial charge on any atom is -0.506 e. The molecule has 1 aromatic heterocycles. The number of aromatic amines is 1. The highest BCUT2D eigenvalue weighted by Gasteiger charge is 2.18. The number of H-pyrrole nitrogens is 1. The Bertz CT molecular complexity index is 586. The molecule has 102 valence electrons. The fraction of sp³-hybridized carbons (Fsp3) is 0.400. The van der Waals surface area contributed by atoms with E-state index in [1.165, 1.54) is 0 Å². The predicted octanol–water partition coefficient (Wildman–Crippen LogP) is 2.39. The number of phenolic OH excluding ortho intramolecular Hbond substituents is 1. The van der Waals surface area contributed by atoms with Crippen LogP contribution in [0, 0.1) is 5.92 Å². The van der Waals surface area contributed by atoms with Crippen molar-refractivity contribution in [3.8, 4) is 5.75 Å². The summed E-state index contributed by atoms with van der Waals surface area (Å²) in [5.41, 5.74) is 1.48. The van der Waals surface area contributed by atoms with Crippen LogP contribution in [0.2, 0.25) is 0 Å². The molecule has 0 bridgehead atoms. The summed E-state index contributed by atoms with van der Waals surface area (Å²) in [6, 6.07) is 5.21. The zero-order valence-electron chi connectivity index (χ0n) is 11.2. The molecule has 0 amide bonds. The molecule has 2 aromatic rings. The summed E-state index contributed by atoms with van der Waals surface area (Å²) >= 11 is 0. The van der Waals surface area contributed by atoms with Crippen molar-refractivity contribution in [1.82, 2.24) is 4.98 Å². The number of nitrogens with one attached hydrogen (secondary N) is 1.